The minimum absolute atomic E-state index is 0.174. The molecule has 0 radical (unpaired) electrons. The van der Waals surface area contributed by atoms with Gasteiger partial charge in [0.2, 0.25) is 6.41 Å². The molecule has 0 aliphatic heterocycles. The van der Waals surface area contributed by atoms with Crippen LogP contribution in [-0.2, 0) is 14.8 Å². The zero-order valence-corrected chi connectivity index (χ0v) is 12.4. The first-order valence-electron chi connectivity index (χ1n) is 6.25. The molecular weight excluding hydrogens is 324 g/mol. The Morgan fingerprint density at radius 2 is 1.74 bits per heavy atom. The average Bonchev–Trinajstić information content (AvgIpc) is 2.54. The van der Waals surface area contributed by atoms with Gasteiger partial charge < -0.3 is 0 Å². The van der Waals surface area contributed by atoms with Gasteiger partial charge in [-0.05, 0) is 18.2 Å². The van der Waals surface area contributed by atoms with E-state index in [1.807, 2.05) is 0 Å². The molecule has 1 amide bonds. The van der Waals surface area contributed by atoms with Crippen molar-refractivity contribution in [3.8, 4) is 0 Å². The molecule has 9 nitrogen and oxygen atoms in total. The van der Waals surface area contributed by atoms with Crippen LogP contribution in [0.3, 0.4) is 0 Å². The first-order valence-corrected chi connectivity index (χ1v) is 7.74. The lowest BCUT2D eigenvalue weighted by atomic mass is 10.3. The zero-order valence-electron chi connectivity index (χ0n) is 11.6. The molecule has 3 N–H and O–H groups in total. The number of amides is 1. The Morgan fingerprint density at radius 3 is 2.39 bits per heavy atom. The molecule has 0 aliphatic carbocycles. The summed E-state index contributed by atoms with van der Waals surface area (Å²) in [5.41, 5.74) is 4.87. The number of hydrogen-bond donors (Lipinski definition) is 3. The fourth-order valence-corrected chi connectivity index (χ4v) is 2.88. The van der Waals surface area contributed by atoms with E-state index in [1.165, 1.54) is 24.3 Å². The molecule has 10 heteroatoms. The lowest BCUT2D eigenvalue weighted by Crippen LogP contribution is -2.21. The summed E-state index contributed by atoms with van der Waals surface area (Å²) in [5.74, 6) is 0. The molecule has 0 saturated heterocycles. The van der Waals surface area contributed by atoms with E-state index in [2.05, 4.69) is 15.6 Å². The summed E-state index contributed by atoms with van der Waals surface area (Å²) < 4.78 is 27.0. The van der Waals surface area contributed by atoms with Crippen LogP contribution in [-0.4, -0.2) is 19.8 Å². The van der Waals surface area contributed by atoms with Crippen LogP contribution in [0.15, 0.2) is 53.4 Å². The van der Waals surface area contributed by atoms with Crippen molar-refractivity contribution < 1.29 is 18.1 Å². The molecule has 120 valence electrons. The number of nitrogens with one attached hydrogen (secondary N) is 3. The quantitative estimate of drug-likeness (QED) is 0.399. The van der Waals surface area contributed by atoms with E-state index in [9.17, 15) is 23.3 Å². The highest BCUT2D eigenvalue weighted by Crippen LogP contribution is 2.25. The van der Waals surface area contributed by atoms with Gasteiger partial charge in [0.1, 0.15) is 0 Å². The van der Waals surface area contributed by atoms with Crippen molar-refractivity contribution in [1.29, 1.82) is 0 Å². The molecule has 0 spiro atoms. The Kier molecular flexibility index (Phi) is 4.76. The van der Waals surface area contributed by atoms with Gasteiger partial charge in [0.25, 0.3) is 15.7 Å². The SMILES string of the molecule is O=CNNc1ccccc1NS(=O)(=O)c1cccc([N+](=O)[O-])c1. The number of non-ortho nitro benzene ring substituents is 1. The highest BCUT2D eigenvalue weighted by molar-refractivity contribution is 7.92. The maximum absolute atomic E-state index is 12.4. The van der Waals surface area contributed by atoms with E-state index in [-0.39, 0.29) is 16.3 Å². The Labute approximate surface area is 131 Å². The molecule has 23 heavy (non-hydrogen) atoms. The standard InChI is InChI=1S/C13H12N4O5S/c18-9-14-15-12-6-1-2-7-13(12)16-23(21,22)11-5-3-4-10(8-11)17(19)20/h1-9,15-16H,(H,14,18). The maximum Gasteiger partial charge on any atom is 0.270 e. The minimum Gasteiger partial charge on any atom is -0.297 e. The smallest absolute Gasteiger partial charge is 0.270 e. The van der Waals surface area contributed by atoms with Gasteiger partial charge in [-0.25, -0.2) is 8.42 Å². The van der Waals surface area contributed by atoms with Gasteiger partial charge in [-0.2, -0.15) is 0 Å². The number of anilines is 2. The second kappa shape index (κ2) is 6.75. The number of sulfonamides is 1. The van der Waals surface area contributed by atoms with Crippen molar-refractivity contribution in [2.24, 2.45) is 0 Å². The third kappa shape index (κ3) is 3.95. The van der Waals surface area contributed by atoms with Gasteiger partial charge in [0.05, 0.1) is 21.2 Å². The third-order valence-electron chi connectivity index (χ3n) is 2.78. The second-order valence-corrected chi connectivity index (χ2v) is 5.98. The first kappa shape index (κ1) is 16.2. The van der Waals surface area contributed by atoms with Crippen molar-refractivity contribution in [3.05, 3.63) is 58.6 Å². The van der Waals surface area contributed by atoms with Gasteiger partial charge in [-0.15, -0.1) is 0 Å². The predicted molar refractivity (Wildman–Crippen MR) is 83.2 cm³/mol. The fourth-order valence-electron chi connectivity index (χ4n) is 1.76. The van der Waals surface area contributed by atoms with Gasteiger partial charge >= 0.3 is 0 Å². The molecular formula is C13H12N4O5S. The van der Waals surface area contributed by atoms with Crippen molar-refractivity contribution >= 4 is 33.5 Å². The van der Waals surface area contributed by atoms with Crippen LogP contribution in [0.1, 0.15) is 0 Å². The molecule has 0 aromatic heterocycles. The van der Waals surface area contributed by atoms with Crippen LogP contribution in [0, 0.1) is 10.1 Å². The van der Waals surface area contributed by atoms with E-state index in [4.69, 9.17) is 0 Å². The summed E-state index contributed by atoms with van der Waals surface area (Å²) in [6.45, 7) is 0. The number of nitrogens with zero attached hydrogens (tertiary/aromatic N) is 1. The van der Waals surface area contributed by atoms with E-state index in [1.54, 1.807) is 18.2 Å². The Bertz CT molecular complexity index is 838. The second-order valence-electron chi connectivity index (χ2n) is 4.29. The van der Waals surface area contributed by atoms with Gasteiger partial charge in [-0.1, -0.05) is 18.2 Å². The molecule has 2 aromatic carbocycles. The van der Waals surface area contributed by atoms with Crippen molar-refractivity contribution in [3.63, 3.8) is 0 Å². The highest BCUT2D eigenvalue weighted by atomic mass is 32.2. The van der Waals surface area contributed by atoms with E-state index in [0.29, 0.717) is 12.1 Å². The third-order valence-corrected chi connectivity index (χ3v) is 4.14. The van der Waals surface area contributed by atoms with Crippen LogP contribution in [0.4, 0.5) is 17.1 Å². The summed E-state index contributed by atoms with van der Waals surface area (Å²) in [7, 11) is -4.03. The predicted octanol–water partition coefficient (Wildman–Crippen LogP) is 1.47. The summed E-state index contributed by atoms with van der Waals surface area (Å²) in [6.07, 6.45) is 0.395. The van der Waals surface area contributed by atoms with Crippen LogP contribution in [0.5, 0.6) is 0 Å². The maximum atomic E-state index is 12.4. The molecule has 0 unspecified atom stereocenters. The Morgan fingerprint density at radius 1 is 1.04 bits per heavy atom. The molecule has 0 atom stereocenters. The molecule has 0 bridgehead atoms. The molecule has 2 rings (SSSR count). The topological polar surface area (TPSA) is 130 Å². The van der Waals surface area contributed by atoms with Gasteiger partial charge in [0.15, 0.2) is 0 Å². The Balaban J connectivity index is 2.33. The van der Waals surface area contributed by atoms with Crippen LogP contribution in [0.25, 0.3) is 0 Å². The molecule has 0 fully saturated rings. The van der Waals surface area contributed by atoms with E-state index >= 15 is 0 Å². The van der Waals surface area contributed by atoms with Gasteiger partial charge in [-0.3, -0.25) is 30.5 Å². The molecule has 0 heterocycles. The number of benzene rings is 2. The number of rotatable bonds is 7. The zero-order chi connectivity index (χ0) is 16.9. The molecule has 0 aliphatic rings. The Hall–Kier alpha value is -3.14. The number of carbonyl (C=O) groups is 1. The number of carbonyl (C=O) groups excluding carboxylic acids is 1. The number of nitro groups is 1. The normalized spacial score (nSPS) is 10.6. The van der Waals surface area contributed by atoms with Crippen LogP contribution >= 0.6 is 0 Å². The van der Waals surface area contributed by atoms with Crippen LogP contribution < -0.4 is 15.6 Å². The van der Waals surface area contributed by atoms with Crippen molar-refractivity contribution in [1.82, 2.24) is 5.43 Å². The lowest BCUT2D eigenvalue weighted by molar-refractivity contribution is -0.385. The number of hydrogen-bond acceptors (Lipinski definition) is 6. The number of nitro benzene ring substituents is 1. The summed E-state index contributed by atoms with van der Waals surface area (Å²) in [4.78, 5) is 20.1. The average molecular weight is 336 g/mol. The van der Waals surface area contributed by atoms with E-state index in [0.717, 1.165) is 6.07 Å². The fraction of sp³-hybridized carbons (Fsp3) is 0. The van der Waals surface area contributed by atoms with Crippen molar-refractivity contribution in [2.45, 2.75) is 4.90 Å². The highest BCUT2D eigenvalue weighted by Gasteiger charge is 2.18. The minimum atomic E-state index is -4.03. The summed E-state index contributed by atoms with van der Waals surface area (Å²) in [5, 5.41) is 10.7. The lowest BCUT2D eigenvalue weighted by Gasteiger charge is -2.13. The summed E-state index contributed by atoms with van der Waals surface area (Å²) >= 11 is 0. The van der Waals surface area contributed by atoms with Crippen LogP contribution in [0.2, 0.25) is 0 Å². The number of hydrazine groups is 1. The molecule has 0 saturated carbocycles. The molecule has 2 aromatic rings. The summed E-state index contributed by atoms with van der Waals surface area (Å²) in [6, 6.07) is 10.9. The number of para-hydroxylation sites is 2. The first-order chi connectivity index (χ1) is 10.9. The monoisotopic (exact) mass is 336 g/mol. The van der Waals surface area contributed by atoms with E-state index < -0.39 is 14.9 Å². The largest absolute Gasteiger partial charge is 0.297 e. The van der Waals surface area contributed by atoms with Crippen molar-refractivity contribution in [2.75, 3.05) is 10.1 Å². The van der Waals surface area contributed by atoms with Gasteiger partial charge in [0, 0.05) is 12.1 Å².